The second-order valence-corrected chi connectivity index (χ2v) is 8.18. The molecule has 1 aliphatic heterocycles. The Bertz CT molecular complexity index is 984. The van der Waals surface area contributed by atoms with Crippen LogP contribution in [0.3, 0.4) is 0 Å². The third kappa shape index (κ3) is 2.68. The molecule has 0 amide bonds. The zero-order valence-corrected chi connectivity index (χ0v) is 16.3. The fourth-order valence-electron chi connectivity index (χ4n) is 3.72. The number of thiophene rings is 1. The minimum Gasteiger partial charge on any atom is -0.384 e. The van der Waals surface area contributed by atoms with E-state index in [-0.39, 0.29) is 11.7 Å². The van der Waals surface area contributed by atoms with E-state index in [4.69, 9.17) is 5.73 Å². The zero-order valence-electron chi connectivity index (χ0n) is 13.9. The minimum absolute atomic E-state index is 0.113. The maximum absolute atomic E-state index is 12.9. The second kappa shape index (κ2) is 6.75. The average molecular weight is 426 g/mol. The molecule has 2 heterocycles. The molecule has 0 saturated carbocycles. The van der Waals surface area contributed by atoms with E-state index < -0.39 is 0 Å². The Hall–Kier alpha value is -2.36. The van der Waals surface area contributed by atoms with Crippen LogP contribution in [0.4, 0.5) is 5.69 Å². The molecule has 1 atom stereocenters. The van der Waals surface area contributed by atoms with Gasteiger partial charge in [-0.2, -0.15) is 5.26 Å². The van der Waals surface area contributed by atoms with Crippen LogP contribution >= 0.6 is 27.3 Å². The molecule has 4 nitrogen and oxygen atoms in total. The van der Waals surface area contributed by atoms with Gasteiger partial charge in [-0.25, -0.2) is 0 Å². The van der Waals surface area contributed by atoms with Crippen molar-refractivity contribution in [3.05, 3.63) is 73.8 Å². The maximum atomic E-state index is 12.9. The molecule has 1 aliphatic carbocycles. The Morgan fingerprint density at radius 1 is 1.27 bits per heavy atom. The van der Waals surface area contributed by atoms with Crippen LogP contribution in [-0.2, 0) is 4.79 Å². The van der Waals surface area contributed by atoms with Gasteiger partial charge in [0.15, 0.2) is 5.78 Å². The van der Waals surface area contributed by atoms with Crippen LogP contribution in [0.1, 0.15) is 30.1 Å². The van der Waals surface area contributed by atoms with Gasteiger partial charge in [0.05, 0.1) is 17.6 Å². The number of nitrogens with two attached hydrogens (primary N) is 1. The van der Waals surface area contributed by atoms with Crippen molar-refractivity contribution in [2.24, 2.45) is 5.73 Å². The average Bonchev–Trinajstić information content (AvgIpc) is 3.07. The van der Waals surface area contributed by atoms with E-state index in [0.29, 0.717) is 17.8 Å². The number of hydrogen-bond acceptors (Lipinski definition) is 5. The molecule has 0 bridgehead atoms. The molecular formula is C20H16BrN3OS. The smallest absolute Gasteiger partial charge is 0.161 e. The third-order valence-electron chi connectivity index (χ3n) is 4.80. The lowest BCUT2D eigenvalue weighted by Crippen LogP contribution is -2.38. The molecular weight excluding hydrogens is 410 g/mol. The van der Waals surface area contributed by atoms with E-state index in [2.05, 4.69) is 22.0 Å². The molecule has 0 saturated heterocycles. The first-order valence-corrected chi connectivity index (χ1v) is 10.0. The van der Waals surface area contributed by atoms with Crippen LogP contribution in [-0.4, -0.2) is 5.78 Å². The first kappa shape index (κ1) is 17.1. The molecule has 4 rings (SSSR count). The van der Waals surface area contributed by atoms with Gasteiger partial charge in [-0.3, -0.25) is 9.69 Å². The van der Waals surface area contributed by atoms with Gasteiger partial charge >= 0.3 is 0 Å². The zero-order chi connectivity index (χ0) is 18.3. The van der Waals surface area contributed by atoms with E-state index in [1.54, 1.807) is 0 Å². The van der Waals surface area contributed by atoms with Gasteiger partial charge in [0.2, 0.25) is 0 Å². The summed E-state index contributed by atoms with van der Waals surface area (Å²) >= 11 is 5.02. The summed E-state index contributed by atoms with van der Waals surface area (Å²) in [4.78, 5) is 15.8. The van der Waals surface area contributed by atoms with Gasteiger partial charge in [0, 0.05) is 38.1 Å². The fraction of sp³-hybridized carbons (Fsp3) is 0.200. The van der Waals surface area contributed by atoms with Crippen LogP contribution in [0, 0.1) is 11.3 Å². The number of benzene rings is 1. The van der Waals surface area contributed by atoms with Crippen LogP contribution in [0.25, 0.3) is 0 Å². The van der Waals surface area contributed by atoms with Crippen molar-refractivity contribution in [2.45, 2.75) is 25.2 Å². The monoisotopic (exact) mass is 425 g/mol. The minimum atomic E-state index is -0.376. The highest BCUT2D eigenvalue weighted by molar-refractivity contribution is 9.10. The SMILES string of the molecule is N#CC1=C(N)N(c2ccccc2)C2=C(C(=O)CCC2)C1c1cc(Br)cs1. The van der Waals surface area contributed by atoms with E-state index in [1.165, 1.54) is 11.3 Å². The number of nitrogens with zero attached hydrogens (tertiary/aromatic N) is 2. The van der Waals surface area contributed by atoms with Gasteiger partial charge in [0.1, 0.15) is 5.82 Å². The fourth-order valence-corrected chi connectivity index (χ4v) is 5.28. The Morgan fingerprint density at radius 2 is 2.04 bits per heavy atom. The van der Waals surface area contributed by atoms with E-state index in [9.17, 15) is 10.1 Å². The summed E-state index contributed by atoms with van der Waals surface area (Å²) in [7, 11) is 0. The lowest BCUT2D eigenvalue weighted by molar-refractivity contribution is -0.116. The number of nitriles is 1. The number of Topliss-reactive ketones (excluding diaryl/α,β-unsaturated/α-hetero) is 1. The lowest BCUT2D eigenvalue weighted by atomic mass is 9.78. The third-order valence-corrected chi connectivity index (χ3v) is 6.56. The van der Waals surface area contributed by atoms with Crippen LogP contribution in [0.15, 0.2) is 68.9 Å². The summed E-state index contributed by atoms with van der Waals surface area (Å²) in [6.45, 7) is 0. The van der Waals surface area contributed by atoms with Crippen molar-refractivity contribution in [2.75, 3.05) is 4.90 Å². The van der Waals surface area contributed by atoms with Crippen molar-refractivity contribution in [1.29, 1.82) is 5.26 Å². The van der Waals surface area contributed by atoms with Crippen LogP contribution in [0.5, 0.6) is 0 Å². The van der Waals surface area contributed by atoms with Crippen molar-refractivity contribution in [3.8, 4) is 6.07 Å². The molecule has 1 aromatic carbocycles. The summed E-state index contributed by atoms with van der Waals surface area (Å²) in [6, 6.07) is 14.0. The van der Waals surface area contributed by atoms with E-state index in [0.717, 1.165) is 39.1 Å². The number of hydrogen-bond donors (Lipinski definition) is 1. The molecule has 2 aliphatic rings. The normalized spacial score (nSPS) is 20.2. The lowest BCUT2D eigenvalue weighted by Gasteiger charge is -2.39. The Kier molecular flexibility index (Phi) is 4.43. The Labute approximate surface area is 164 Å². The highest BCUT2D eigenvalue weighted by Gasteiger charge is 2.40. The topological polar surface area (TPSA) is 70.1 Å². The summed E-state index contributed by atoms with van der Waals surface area (Å²) in [5.74, 6) is 0.155. The molecule has 0 spiro atoms. The Balaban J connectivity index is 1.97. The highest BCUT2D eigenvalue weighted by Crippen LogP contribution is 2.47. The highest BCUT2D eigenvalue weighted by atomic mass is 79.9. The second-order valence-electron chi connectivity index (χ2n) is 6.32. The number of carbonyl (C=O) groups is 1. The number of allylic oxidation sites excluding steroid dienone is 3. The predicted octanol–water partition coefficient (Wildman–Crippen LogP) is 4.82. The molecule has 0 radical (unpaired) electrons. The molecule has 2 aromatic rings. The van der Waals surface area contributed by atoms with Gasteiger partial charge in [-0.05, 0) is 47.0 Å². The summed E-state index contributed by atoms with van der Waals surface area (Å²) in [6.07, 6.45) is 2.10. The molecule has 26 heavy (non-hydrogen) atoms. The van der Waals surface area contributed by atoms with E-state index >= 15 is 0 Å². The number of carbonyl (C=O) groups excluding carboxylic acids is 1. The standard InChI is InChI=1S/C20H16BrN3OS/c21-12-9-17(26-11-12)18-14(10-22)20(23)24(13-5-2-1-3-6-13)15-7-4-8-16(25)19(15)18/h1-3,5-6,9,11,18H,4,7-8,23H2. The molecule has 6 heteroatoms. The molecule has 2 N–H and O–H groups in total. The van der Waals surface area contributed by atoms with Crippen LogP contribution in [0.2, 0.25) is 0 Å². The van der Waals surface area contributed by atoms with E-state index in [1.807, 2.05) is 46.7 Å². The molecule has 0 fully saturated rings. The number of rotatable bonds is 2. The largest absolute Gasteiger partial charge is 0.384 e. The summed E-state index contributed by atoms with van der Waals surface area (Å²) in [5, 5.41) is 11.9. The van der Waals surface area contributed by atoms with Gasteiger partial charge < -0.3 is 5.73 Å². The van der Waals surface area contributed by atoms with Crippen molar-refractivity contribution < 1.29 is 4.79 Å². The molecule has 1 unspecified atom stereocenters. The summed E-state index contributed by atoms with van der Waals surface area (Å²) in [5.41, 5.74) is 9.46. The van der Waals surface area contributed by atoms with Gasteiger partial charge in [0.25, 0.3) is 0 Å². The van der Waals surface area contributed by atoms with Crippen molar-refractivity contribution in [3.63, 3.8) is 0 Å². The number of para-hydroxylation sites is 1. The van der Waals surface area contributed by atoms with Crippen molar-refractivity contribution in [1.82, 2.24) is 0 Å². The quantitative estimate of drug-likeness (QED) is 0.748. The molecule has 1 aromatic heterocycles. The van der Waals surface area contributed by atoms with Gasteiger partial charge in [-0.15, -0.1) is 11.3 Å². The number of ketones is 1. The Morgan fingerprint density at radius 3 is 2.69 bits per heavy atom. The molecule has 130 valence electrons. The first-order chi connectivity index (χ1) is 12.6. The van der Waals surface area contributed by atoms with Gasteiger partial charge in [-0.1, -0.05) is 18.2 Å². The maximum Gasteiger partial charge on any atom is 0.161 e. The van der Waals surface area contributed by atoms with Crippen LogP contribution < -0.4 is 10.6 Å². The van der Waals surface area contributed by atoms with Crippen molar-refractivity contribution >= 4 is 38.7 Å². The summed E-state index contributed by atoms with van der Waals surface area (Å²) < 4.78 is 0.948. The first-order valence-electron chi connectivity index (χ1n) is 8.37. The number of halogens is 1. The predicted molar refractivity (Wildman–Crippen MR) is 106 cm³/mol. The number of anilines is 1.